The predicted octanol–water partition coefficient (Wildman–Crippen LogP) is 3.70. The largest absolute Gasteiger partial charge is 0.497 e. The van der Waals surface area contributed by atoms with Gasteiger partial charge < -0.3 is 28.4 Å². The molecule has 1 fully saturated rings. The van der Waals surface area contributed by atoms with E-state index in [4.69, 9.17) is 28.4 Å². The molecule has 11 nitrogen and oxygen atoms in total. The second-order valence-corrected chi connectivity index (χ2v) is 8.04. The smallest absolute Gasteiger partial charge is 0.304 e. The fourth-order valence-electron chi connectivity index (χ4n) is 3.74. The Labute approximate surface area is 208 Å². The Bertz CT molecular complexity index is 1040. The first-order chi connectivity index (χ1) is 17.4. The lowest BCUT2D eigenvalue weighted by Crippen LogP contribution is -2.60. The molecule has 0 bridgehead atoms. The van der Waals surface area contributed by atoms with Gasteiger partial charge in [0.2, 0.25) is 6.29 Å². The van der Waals surface area contributed by atoms with Crippen LogP contribution >= 0.6 is 0 Å². The van der Waals surface area contributed by atoms with Crippen LogP contribution in [-0.2, 0) is 46.5 Å². The number of methoxy groups -OCH3 is 1. The number of hydrogen-bond donors (Lipinski definition) is 0. The molecule has 0 spiro atoms. The van der Waals surface area contributed by atoms with Crippen molar-refractivity contribution < 1.29 is 38.0 Å². The van der Waals surface area contributed by atoms with Crippen LogP contribution in [0.25, 0.3) is 10.4 Å². The molecule has 0 radical (unpaired) electrons. The van der Waals surface area contributed by atoms with Gasteiger partial charge in [-0.3, -0.25) is 9.59 Å². The number of hydrogen-bond acceptors (Lipinski definition) is 9. The molecule has 1 aliphatic heterocycles. The summed E-state index contributed by atoms with van der Waals surface area (Å²) in [5, 5.41) is 3.82. The Morgan fingerprint density at radius 2 is 1.58 bits per heavy atom. The highest BCUT2D eigenvalue weighted by atomic mass is 16.7. The maximum absolute atomic E-state index is 11.8. The Morgan fingerprint density at radius 3 is 2.17 bits per heavy atom. The summed E-state index contributed by atoms with van der Waals surface area (Å²) in [6.07, 6.45) is -3.86. The third-order valence-electron chi connectivity index (χ3n) is 5.42. The van der Waals surface area contributed by atoms with Gasteiger partial charge in [0, 0.05) is 18.8 Å². The molecule has 2 aromatic rings. The van der Waals surface area contributed by atoms with Crippen molar-refractivity contribution in [1.29, 1.82) is 0 Å². The van der Waals surface area contributed by atoms with Crippen LogP contribution in [-0.4, -0.2) is 56.3 Å². The highest BCUT2D eigenvalue weighted by molar-refractivity contribution is 5.66. The van der Waals surface area contributed by atoms with E-state index in [2.05, 4.69) is 10.0 Å². The summed E-state index contributed by atoms with van der Waals surface area (Å²) in [6, 6.07) is 15.6. The van der Waals surface area contributed by atoms with Crippen molar-refractivity contribution in [3.05, 3.63) is 76.2 Å². The van der Waals surface area contributed by atoms with Crippen molar-refractivity contribution in [3.63, 3.8) is 0 Å². The molecule has 0 saturated carbocycles. The zero-order chi connectivity index (χ0) is 25.9. The summed E-state index contributed by atoms with van der Waals surface area (Å²) in [5.74, 6) is -0.455. The fraction of sp³-hybridized carbons (Fsp3) is 0.440. The summed E-state index contributed by atoms with van der Waals surface area (Å²) in [7, 11) is 1.58. The molecular formula is C25H29N3O8. The lowest BCUT2D eigenvalue weighted by Gasteiger charge is -2.44. The second-order valence-electron chi connectivity index (χ2n) is 8.04. The number of ether oxygens (including phenoxy) is 6. The number of benzene rings is 2. The van der Waals surface area contributed by atoms with E-state index in [1.165, 1.54) is 13.8 Å². The van der Waals surface area contributed by atoms with Crippen LogP contribution in [0.5, 0.6) is 5.75 Å². The summed E-state index contributed by atoms with van der Waals surface area (Å²) < 4.78 is 34.0. The van der Waals surface area contributed by atoms with Crippen LogP contribution in [0.1, 0.15) is 25.0 Å². The topological polar surface area (TPSA) is 138 Å². The number of esters is 2. The van der Waals surface area contributed by atoms with Gasteiger partial charge in [0.25, 0.3) is 0 Å². The van der Waals surface area contributed by atoms with Crippen LogP contribution in [0.2, 0.25) is 0 Å². The van der Waals surface area contributed by atoms with Crippen LogP contribution in [0.15, 0.2) is 59.7 Å². The molecule has 192 valence electrons. The Morgan fingerprint density at radius 1 is 0.944 bits per heavy atom. The van der Waals surface area contributed by atoms with Gasteiger partial charge >= 0.3 is 11.9 Å². The zero-order valence-corrected chi connectivity index (χ0v) is 20.3. The van der Waals surface area contributed by atoms with Crippen LogP contribution in [0.4, 0.5) is 0 Å². The van der Waals surface area contributed by atoms with Gasteiger partial charge in [-0.25, -0.2) is 0 Å². The molecule has 0 aromatic heterocycles. The monoisotopic (exact) mass is 499 g/mol. The van der Waals surface area contributed by atoms with Crippen molar-refractivity contribution >= 4 is 11.9 Å². The number of nitrogens with zero attached hydrogens (tertiary/aromatic N) is 3. The van der Waals surface area contributed by atoms with E-state index in [-0.39, 0.29) is 19.8 Å². The molecule has 2 aromatic carbocycles. The molecule has 3 rings (SSSR count). The van der Waals surface area contributed by atoms with E-state index in [0.717, 1.165) is 11.1 Å². The Hall–Kier alpha value is -3.63. The molecule has 1 saturated heterocycles. The molecule has 0 unspecified atom stereocenters. The van der Waals surface area contributed by atoms with Crippen molar-refractivity contribution in [2.45, 2.75) is 57.7 Å². The summed E-state index contributed by atoms with van der Waals surface area (Å²) in [4.78, 5) is 26.2. The van der Waals surface area contributed by atoms with E-state index >= 15 is 0 Å². The van der Waals surface area contributed by atoms with E-state index in [1.807, 2.05) is 42.5 Å². The molecule has 1 aliphatic rings. The fourth-order valence-corrected chi connectivity index (χ4v) is 3.74. The van der Waals surface area contributed by atoms with Gasteiger partial charge in [0.1, 0.15) is 36.7 Å². The molecular weight excluding hydrogens is 470 g/mol. The Kier molecular flexibility index (Phi) is 10.1. The van der Waals surface area contributed by atoms with Crippen LogP contribution in [0, 0.1) is 0 Å². The molecule has 0 N–H and O–H groups in total. The van der Waals surface area contributed by atoms with Crippen molar-refractivity contribution in [2.75, 3.05) is 13.7 Å². The van der Waals surface area contributed by atoms with E-state index < -0.39 is 42.6 Å². The van der Waals surface area contributed by atoms with Crippen molar-refractivity contribution in [2.24, 2.45) is 5.11 Å². The third kappa shape index (κ3) is 7.69. The summed E-state index contributed by atoms with van der Waals surface area (Å²) >= 11 is 0. The maximum Gasteiger partial charge on any atom is 0.304 e. The standard InChI is InChI=1S/C25H29N3O8/c1-16(29)32-15-21-23(33-14-19-9-11-20(31-3)12-10-19)24(34-13-18-7-5-4-6-8-18)22(27-28-26)25(36-21)35-17(2)30/h4-12,21-25H,13-15H2,1-3H3/t21-,22-,23-,24-,25+/m1/s1. The lowest BCUT2D eigenvalue weighted by molar-refractivity contribution is -0.277. The first-order valence-corrected chi connectivity index (χ1v) is 11.3. The summed E-state index contributed by atoms with van der Waals surface area (Å²) in [6.45, 7) is 2.61. The van der Waals surface area contributed by atoms with Gasteiger partial charge in [-0.15, -0.1) is 0 Å². The quantitative estimate of drug-likeness (QED) is 0.197. The molecule has 11 heteroatoms. The maximum atomic E-state index is 11.8. The molecule has 0 aliphatic carbocycles. The minimum Gasteiger partial charge on any atom is -0.497 e. The van der Waals surface area contributed by atoms with Crippen molar-refractivity contribution in [1.82, 2.24) is 0 Å². The van der Waals surface area contributed by atoms with Crippen LogP contribution in [0.3, 0.4) is 0 Å². The normalized spacial score (nSPS) is 23.2. The van der Waals surface area contributed by atoms with E-state index in [0.29, 0.717) is 5.75 Å². The SMILES string of the molecule is COc1ccc(CO[C@H]2[C@H](OCc3ccccc3)[C@@H](N=[N+]=[N-])[C@@H](OC(C)=O)O[C@@H]2COC(C)=O)cc1. The van der Waals surface area contributed by atoms with E-state index in [9.17, 15) is 15.1 Å². The average molecular weight is 500 g/mol. The highest BCUT2D eigenvalue weighted by Crippen LogP contribution is 2.31. The van der Waals surface area contributed by atoms with E-state index in [1.54, 1.807) is 19.2 Å². The first-order valence-electron chi connectivity index (χ1n) is 11.3. The molecule has 0 amide bonds. The minimum absolute atomic E-state index is 0.154. The number of carbonyl (C=O) groups excluding carboxylic acids is 2. The Balaban J connectivity index is 1.91. The predicted molar refractivity (Wildman–Crippen MR) is 127 cm³/mol. The average Bonchev–Trinajstić information content (AvgIpc) is 2.87. The molecule has 36 heavy (non-hydrogen) atoms. The third-order valence-corrected chi connectivity index (χ3v) is 5.42. The van der Waals surface area contributed by atoms with Gasteiger partial charge in [-0.2, -0.15) is 0 Å². The number of carbonyl (C=O) groups is 2. The van der Waals surface area contributed by atoms with Gasteiger partial charge in [-0.05, 0) is 28.8 Å². The minimum atomic E-state index is -1.26. The number of rotatable bonds is 11. The molecule has 5 atom stereocenters. The lowest BCUT2D eigenvalue weighted by atomic mass is 9.96. The summed E-state index contributed by atoms with van der Waals surface area (Å²) in [5.41, 5.74) is 11.0. The van der Waals surface area contributed by atoms with Gasteiger partial charge in [0.05, 0.1) is 20.3 Å². The molecule has 1 heterocycles. The highest BCUT2D eigenvalue weighted by Gasteiger charge is 2.49. The van der Waals surface area contributed by atoms with Gasteiger partial charge in [-0.1, -0.05) is 47.6 Å². The second kappa shape index (κ2) is 13.5. The van der Waals surface area contributed by atoms with Crippen molar-refractivity contribution in [3.8, 4) is 5.75 Å². The number of azide groups is 1. The van der Waals surface area contributed by atoms with Gasteiger partial charge in [0.15, 0.2) is 0 Å². The van der Waals surface area contributed by atoms with Crippen LogP contribution < -0.4 is 4.74 Å². The zero-order valence-electron chi connectivity index (χ0n) is 20.3. The first kappa shape index (κ1) is 27.0.